The Morgan fingerprint density at radius 1 is 1.18 bits per heavy atom. The summed E-state index contributed by atoms with van der Waals surface area (Å²) in [4.78, 5) is 5.16. The molecule has 4 rings (SSSR count). The number of piperidine rings is 1. The van der Waals surface area contributed by atoms with Crippen LogP contribution in [0.5, 0.6) is 0 Å². The molecule has 3 aliphatic heterocycles. The van der Waals surface area contributed by atoms with Crippen molar-refractivity contribution in [2.24, 2.45) is 5.41 Å². The van der Waals surface area contributed by atoms with Crippen LogP contribution in [0.25, 0.3) is 0 Å². The molecule has 5 nitrogen and oxygen atoms in total. The number of fused-ring (bicyclic) bond motifs is 1. The van der Waals surface area contributed by atoms with Gasteiger partial charge in [0.05, 0.1) is 11.4 Å². The largest absolute Gasteiger partial charge is 0.311 e. The molecule has 1 atom stereocenters. The van der Waals surface area contributed by atoms with Crippen LogP contribution >= 0.6 is 0 Å². The van der Waals surface area contributed by atoms with E-state index >= 15 is 0 Å². The van der Waals surface area contributed by atoms with Crippen molar-refractivity contribution in [3.05, 3.63) is 17.5 Å². The van der Waals surface area contributed by atoms with Crippen LogP contribution in [0.15, 0.2) is 6.07 Å². The van der Waals surface area contributed by atoms with Gasteiger partial charge in [-0.15, -0.1) is 0 Å². The highest BCUT2D eigenvalue weighted by molar-refractivity contribution is 5.11. The van der Waals surface area contributed by atoms with Crippen LogP contribution in [0.3, 0.4) is 0 Å². The molecule has 4 heterocycles. The van der Waals surface area contributed by atoms with Crippen molar-refractivity contribution in [1.29, 1.82) is 0 Å². The minimum atomic E-state index is 0.561. The molecule has 2 fully saturated rings. The van der Waals surface area contributed by atoms with E-state index in [-0.39, 0.29) is 0 Å². The van der Waals surface area contributed by atoms with E-state index in [2.05, 4.69) is 32.9 Å². The standard InChI is InChI=1S/C17H29N5/c1-20-9-5-17(13-20)4-2-7-21(14-17)12-15-10-16-11-18-6-3-8-22(16)19-15/h10,18H,2-9,11-14H2,1H3/t17-/m1/s1. The van der Waals surface area contributed by atoms with Gasteiger partial charge in [0.15, 0.2) is 0 Å². The highest BCUT2D eigenvalue weighted by Gasteiger charge is 2.40. The number of hydrogen-bond acceptors (Lipinski definition) is 4. The molecular weight excluding hydrogens is 274 g/mol. The molecule has 1 spiro atoms. The van der Waals surface area contributed by atoms with Crippen LogP contribution in [-0.4, -0.2) is 59.4 Å². The maximum atomic E-state index is 4.86. The number of hydrogen-bond donors (Lipinski definition) is 1. The number of nitrogens with zero attached hydrogens (tertiary/aromatic N) is 4. The van der Waals surface area contributed by atoms with Gasteiger partial charge in [-0.2, -0.15) is 5.10 Å². The van der Waals surface area contributed by atoms with E-state index < -0.39 is 0 Å². The van der Waals surface area contributed by atoms with Crippen molar-refractivity contribution in [1.82, 2.24) is 24.9 Å². The van der Waals surface area contributed by atoms with Gasteiger partial charge in [0, 0.05) is 32.7 Å². The van der Waals surface area contributed by atoms with E-state index in [1.807, 2.05) is 0 Å². The normalized spacial score (nSPS) is 30.6. The number of aryl methyl sites for hydroxylation is 1. The molecule has 0 radical (unpaired) electrons. The Hall–Kier alpha value is -0.910. The zero-order valence-electron chi connectivity index (χ0n) is 13.9. The molecule has 0 bridgehead atoms. The van der Waals surface area contributed by atoms with Gasteiger partial charge in [0.2, 0.25) is 0 Å². The molecule has 1 N–H and O–H groups in total. The summed E-state index contributed by atoms with van der Waals surface area (Å²) in [6.07, 6.45) is 5.33. The lowest BCUT2D eigenvalue weighted by Gasteiger charge is -2.40. The fourth-order valence-electron chi connectivity index (χ4n) is 4.66. The lowest BCUT2D eigenvalue weighted by molar-refractivity contribution is 0.0888. The van der Waals surface area contributed by atoms with Crippen molar-refractivity contribution in [3.63, 3.8) is 0 Å². The summed E-state index contributed by atoms with van der Waals surface area (Å²) in [7, 11) is 2.27. The predicted molar refractivity (Wildman–Crippen MR) is 87.6 cm³/mol. The lowest BCUT2D eigenvalue weighted by Crippen LogP contribution is -2.44. The molecule has 0 aliphatic carbocycles. The van der Waals surface area contributed by atoms with Crippen LogP contribution in [0.2, 0.25) is 0 Å². The van der Waals surface area contributed by atoms with Gasteiger partial charge < -0.3 is 10.2 Å². The number of likely N-dealkylation sites (tertiary alicyclic amines) is 2. The molecule has 1 aromatic rings. The fourth-order valence-corrected chi connectivity index (χ4v) is 4.66. The summed E-state index contributed by atoms with van der Waals surface area (Å²) in [6.45, 7) is 9.25. The number of rotatable bonds is 2. The van der Waals surface area contributed by atoms with Crippen LogP contribution in [0.4, 0.5) is 0 Å². The number of aromatic nitrogens is 2. The van der Waals surface area contributed by atoms with Gasteiger partial charge in [-0.05, 0) is 63.8 Å². The summed E-state index contributed by atoms with van der Waals surface area (Å²) in [5.41, 5.74) is 3.19. The molecule has 0 saturated carbocycles. The minimum absolute atomic E-state index is 0.561. The molecule has 5 heteroatoms. The van der Waals surface area contributed by atoms with Crippen LogP contribution < -0.4 is 5.32 Å². The first-order valence-corrected chi connectivity index (χ1v) is 8.90. The van der Waals surface area contributed by atoms with Crippen molar-refractivity contribution >= 4 is 0 Å². The smallest absolute Gasteiger partial charge is 0.0768 e. The molecule has 0 aromatic carbocycles. The topological polar surface area (TPSA) is 36.3 Å². The van der Waals surface area contributed by atoms with Gasteiger partial charge >= 0.3 is 0 Å². The zero-order valence-corrected chi connectivity index (χ0v) is 13.9. The zero-order chi connectivity index (χ0) is 15.0. The Kier molecular flexibility index (Phi) is 3.96. The molecular formula is C17H29N5. The average Bonchev–Trinajstić information content (AvgIpc) is 2.96. The maximum absolute atomic E-state index is 4.86. The quantitative estimate of drug-likeness (QED) is 0.893. The second-order valence-electron chi connectivity index (χ2n) is 7.68. The summed E-state index contributed by atoms with van der Waals surface area (Å²) in [5, 5.41) is 8.34. The van der Waals surface area contributed by atoms with Crippen molar-refractivity contribution in [2.45, 2.75) is 45.3 Å². The summed E-state index contributed by atoms with van der Waals surface area (Å²) < 4.78 is 2.22. The molecule has 1 aromatic heterocycles. The Bertz CT molecular complexity index is 498. The first-order valence-electron chi connectivity index (χ1n) is 8.90. The Morgan fingerprint density at radius 3 is 3.00 bits per heavy atom. The van der Waals surface area contributed by atoms with Crippen molar-refractivity contribution < 1.29 is 0 Å². The average molecular weight is 303 g/mol. The van der Waals surface area contributed by atoms with Gasteiger partial charge in [-0.3, -0.25) is 9.58 Å². The SMILES string of the molecule is CN1CC[C@]2(CCCN(Cc3cc4n(n3)CCCNC4)C2)C1. The van der Waals surface area contributed by atoms with Crippen molar-refractivity contribution in [3.8, 4) is 0 Å². The summed E-state index contributed by atoms with van der Waals surface area (Å²) in [6, 6.07) is 2.32. The van der Waals surface area contributed by atoms with Gasteiger partial charge in [0.25, 0.3) is 0 Å². The molecule has 22 heavy (non-hydrogen) atoms. The van der Waals surface area contributed by atoms with Crippen LogP contribution in [0.1, 0.15) is 37.1 Å². The minimum Gasteiger partial charge on any atom is -0.311 e. The van der Waals surface area contributed by atoms with Crippen LogP contribution in [0, 0.1) is 5.41 Å². The number of nitrogens with one attached hydrogen (secondary N) is 1. The highest BCUT2D eigenvalue weighted by Crippen LogP contribution is 2.38. The molecule has 0 unspecified atom stereocenters. The highest BCUT2D eigenvalue weighted by atomic mass is 15.3. The first-order chi connectivity index (χ1) is 10.7. The van der Waals surface area contributed by atoms with Crippen LogP contribution in [-0.2, 0) is 19.6 Å². The third-order valence-corrected chi connectivity index (χ3v) is 5.70. The van der Waals surface area contributed by atoms with E-state index in [0.717, 1.165) is 26.2 Å². The Balaban J connectivity index is 1.43. The fraction of sp³-hybridized carbons (Fsp3) is 0.824. The predicted octanol–water partition coefficient (Wildman–Crippen LogP) is 1.29. The monoisotopic (exact) mass is 303 g/mol. The van der Waals surface area contributed by atoms with Gasteiger partial charge in [-0.25, -0.2) is 0 Å². The Labute approximate surface area is 133 Å². The lowest BCUT2D eigenvalue weighted by atomic mass is 9.79. The molecule has 122 valence electrons. The third kappa shape index (κ3) is 2.94. The summed E-state index contributed by atoms with van der Waals surface area (Å²) >= 11 is 0. The second kappa shape index (κ2) is 5.95. The third-order valence-electron chi connectivity index (χ3n) is 5.70. The molecule has 0 amide bonds. The molecule has 3 aliphatic rings. The van der Waals surface area contributed by atoms with Crippen molar-refractivity contribution in [2.75, 3.05) is 39.8 Å². The van der Waals surface area contributed by atoms with E-state index in [1.54, 1.807) is 0 Å². The Morgan fingerprint density at radius 2 is 2.14 bits per heavy atom. The maximum Gasteiger partial charge on any atom is 0.0768 e. The summed E-state index contributed by atoms with van der Waals surface area (Å²) in [5.74, 6) is 0. The van der Waals surface area contributed by atoms with Gasteiger partial charge in [0.1, 0.15) is 0 Å². The molecule has 2 saturated heterocycles. The van der Waals surface area contributed by atoms with E-state index in [9.17, 15) is 0 Å². The van der Waals surface area contributed by atoms with E-state index in [1.165, 1.54) is 63.3 Å². The van der Waals surface area contributed by atoms with Gasteiger partial charge in [-0.1, -0.05) is 0 Å². The van der Waals surface area contributed by atoms with E-state index in [0.29, 0.717) is 5.41 Å². The van der Waals surface area contributed by atoms with E-state index in [4.69, 9.17) is 5.10 Å². The second-order valence-corrected chi connectivity index (χ2v) is 7.68. The first kappa shape index (κ1) is 14.7.